The van der Waals surface area contributed by atoms with E-state index < -0.39 is 333 Å². The van der Waals surface area contributed by atoms with Crippen LogP contribution >= 0.6 is 30.6 Å². The van der Waals surface area contributed by atoms with Gasteiger partial charge in [-0.05, 0) is 58.2 Å². The topological polar surface area (TPSA) is 713 Å². The summed E-state index contributed by atoms with van der Waals surface area (Å²) in [4.78, 5) is 56.8. The van der Waals surface area contributed by atoms with Crippen molar-refractivity contribution in [2.75, 3.05) is 64.3 Å². The molecule has 23 saturated heterocycles. The van der Waals surface area contributed by atoms with Gasteiger partial charge in [-0.1, -0.05) is 34.1 Å². The number of aliphatic hydroxyl groups excluding tert-OH is 21. The van der Waals surface area contributed by atoms with Crippen molar-refractivity contribution in [3.8, 4) is 0 Å². The highest BCUT2D eigenvalue weighted by atomic mass is 32.2. The lowest BCUT2D eigenvalue weighted by Crippen LogP contribution is -2.68. The number of likely N-dealkylation sites (N-methyl/N-ethyl adjacent to an activating group) is 1. The number of hydrogen-bond acceptors (Lipinski definition) is 45. The molecular weight excluding hydrogens is 1720 g/mol. The van der Waals surface area contributed by atoms with E-state index in [0.717, 1.165) is 23.1 Å². The second-order valence-corrected chi connectivity index (χ2v) is 38.2. The highest BCUT2D eigenvalue weighted by Gasteiger charge is 2.61. The van der Waals surface area contributed by atoms with Crippen LogP contribution in [0.5, 0.6) is 0 Å². The standard InChI is InChI=1S/C75H123N4O42PS2/c1-26-10-9-11-75(7)40(121-75)15-32(107-42(86)16-39(85)74(5,6)65(102)28(3)43(26)87)27(2)14-30-23-124-41(79-30)17-78-122(104,105)13-12-77-66(103)31(76-8)24-123-25-38-64-50(94)57(101)73(113-38)119-63-37(22-84)111-71(55(99)48(63)92)117-61-35(20-82)110-70(54(98)47(61)91)116-60-34(19-81)108-68(52(96)45(60)89)114-58-29(4)106-67(51(95)44(58)88)115-59-33(18-80)109-69(53(97)46(59)90)118-62-36(21-83)112-72(120-64)56(100)49(62)93/h14,23,26,28-29,31-40,43-64,67-73,76,80-85,87-101H,9-13,15-22,24-25H2,1-8H3,(H,77,103)(H2,78,104,105)/b27-14+/t26-,28+,29?,31+,32-,33?,34?,35?,36?,37?,38?,39-,40?,43-,44+,45+,46+,47+,48+,49+,50+,51?,52?,53?,54?,55?,56?,57?,58+,59+,60+,61+,62+,63+,64+,67+,68+,69-,70+,71+,72-,73-,75+/m0/s1. The highest BCUT2D eigenvalue weighted by Crippen LogP contribution is 2.47. The first-order valence-electron chi connectivity index (χ1n) is 41.3. The first-order chi connectivity index (χ1) is 58.5. The van der Waals surface area contributed by atoms with Gasteiger partial charge in [-0.2, -0.15) is 11.8 Å². The molecule has 1 amide bonds. The SMILES string of the molecule is CN[C@H](CSCC1O[C@H]2O[C@@H]3C(CO)O[C@H](O[C@@H]4C(CO)O[C@H](O[C@@H]5C(CO)O[C@H](O[C@@H]6C(C)O[C@H](O[C@@H]7C(CO)O[C@@H](O[C@@H]8C(CO)O[C@@H](O[C@H]1[C@H](O)C2O)C(O)[C@H]8O)C(O)[C@H]7O)C(O)[C@H]6O)C(O)[C@H]5O)C(O)[C@H]4O)C(O)[C@H]3O)C(=O)NCCP(=O)(O)NCc1nc(/C=C(\C)[C@@H]2CC3O[C@]3(C)CCC[C@H](C)[C@H](O)[C@@H](C)C(=O)C(C)(C)[C@@H](O)CC(=O)O2)cs1. The van der Waals surface area contributed by atoms with Crippen molar-refractivity contribution in [1.82, 2.24) is 20.7 Å². The number of esters is 1. The minimum Gasteiger partial charge on any atom is -0.458 e. The third-order valence-corrected chi connectivity index (χ3v) is 28.3. The fourth-order valence-electron chi connectivity index (χ4n) is 16.8. The van der Waals surface area contributed by atoms with Crippen LogP contribution < -0.4 is 15.7 Å². The molecule has 0 aromatic carbocycles. The molecule has 712 valence electrons. The molecule has 16 unspecified atom stereocenters. The van der Waals surface area contributed by atoms with E-state index in [1.807, 2.05) is 13.8 Å². The number of Topliss-reactive ketones (excluding diaryl/α,β-unsaturated/α-hetero) is 1. The van der Waals surface area contributed by atoms with Crippen molar-refractivity contribution in [1.29, 1.82) is 0 Å². The maximum Gasteiger partial charge on any atom is 0.309 e. The molecule has 25 N–H and O–H groups in total. The minimum absolute atomic E-state index is 0.194. The van der Waals surface area contributed by atoms with Crippen LogP contribution in [0.25, 0.3) is 6.08 Å². The summed E-state index contributed by atoms with van der Waals surface area (Å²) in [5, 5.41) is 249. The highest BCUT2D eigenvalue weighted by molar-refractivity contribution is 7.99. The van der Waals surface area contributed by atoms with Gasteiger partial charge < -0.3 is 199 Å². The Labute approximate surface area is 720 Å². The zero-order valence-electron chi connectivity index (χ0n) is 69.2. The number of aliphatic hydroxyl groups is 21. The summed E-state index contributed by atoms with van der Waals surface area (Å²) in [6.07, 6.45) is -71.2. The van der Waals surface area contributed by atoms with E-state index in [1.54, 1.807) is 25.3 Å². The normalized spacial score (nSPS) is 47.0. The Kier molecular flexibility index (Phi) is 35.5. The minimum atomic E-state index is -4.24. The number of nitrogens with one attached hydrogen (secondary N) is 3. The van der Waals surface area contributed by atoms with Crippen molar-refractivity contribution < 1.29 is 207 Å². The van der Waals surface area contributed by atoms with Crippen molar-refractivity contribution in [2.24, 2.45) is 17.3 Å². The van der Waals surface area contributed by atoms with Crippen LogP contribution in [0.3, 0.4) is 0 Å². The molecule has 49 heteroatoms. The number of ether oxygens (including phenoxy) is 16. The van der Waals surface area contributed by atoms with Gasteiger partial charge in [0.05, 0.1) is 105 Å². The predicted molar refractivity (Wildman–Crippen MR) is 416 cm³/mol. The maximum atomic E-state index is 13.9. The summed E-state index contributed by atoms with van der Waals surface area (Å²) in [7, 11) is -2.83. The Balaban J connectivity index is 0.767. The molecular formula is C75H123N4O42PS2. The average molecular weight is 1850 g/mol. The summed E-state index contributed by atoms with van der Waals surface area (Å²) in [5.74, 6) is -3.51. The van der Waals surface area contributed by atoms with Gasteiger partial charge >= 0.3 is 5.97 Å². The number of rotatable bonds is 19. The Morgan fingerprint density at radius 2 is 0.952 bits per heavy atom. The molecule has 44 atom stereocenters. The number of nitrogens with zero attached hydrogens (tertiary/aromatic N) is 1. The van der Waals surface area contributed by atoms with Crippen LogP contribution in [0.2, 0.25) is 0 Å². The number of thioether (sulfide) groups is 1. The quantitative estimate of drug-likeness (QED) is 0.0347. The summed E-state index contributed by atoms with van der Waals surface area (Å²) in [5.41, 5.74) is -0.960. The lowest BCUT2D eigenvalue weighted by molar-refractivity contribution is -0.395. The number of hydrogen-bond donors (Lipinski definition) is 25. The number of fused-ring (bicyclic) bond motifs is 1. The second-order valence-electron chi connectivity index (χ2n) is 34.0. The molecule has 14 bridgehead atoms. The number of cyclic esters (lactones) is 1. The van der Waals surface area contributed by atoms with Crippen LogP contribution in [0.1, 0.15) is 91.3 Å². The van der Waals surface area contributed by atoms with E-state index >= 15 is 0 Å². The van der Waals surface area contributed by atoms with Gasteiger partial charge in [0.1, 0.15) is 176 Å². The molecule has 0 radical (unpaired) electrons. The Hall–Kier alpha value is -3.00. The van der Waals surface area contributed by atoms with E-state index in [2.05, 4.69) is 20.7 Å². The van der Waals surface area contributed by atoms with Crippen molar-refractivity contribution in [3.63, 3.8) is 0 Å². The van der Waals surface area contributed by atoms with Gasteiger partial charge in [-0.15, -0.1) is 11.3 Å². The first kappa shape index (κ1) is 102. The van der Waals surface area contributed by atoms with Gasteiger partial charge in [0.25, 0.3) is 7.52 Å². The Bertz CT molecular complexity index is 3680. The molecule has 124 heavy (non-hydrogen) atoms. The largest absolute Gasteiger partial charge is 0.458 e. The van der Waals surface area contributed by atoms with E-state index in [4.69, 9.17) is 75.8 Å². The molecule has 1 aromatic heterocycles. The number of carbonyl (C=O) groups is 3. The first-order valence-corrected chi connectivity index (χ1v) is 45.2. The third kappa shape index (κ3) is 22.9. The molecule has 46 nitrogen and oxygen atoms in total. The summed E-state index contributed by atoms with van der Waals surface area (Å²) in [6.45, 7) is 5.57. The fraction of sp³-hybridized carbons (Fsp3) is 0.893. The number of thiazole rings is 1. The van der Waals surface area contributed by atoms with E-state index in [1.165, 1.54) is 27.8 Å². The van der Waals surface area contributed by atoms with E-state index in [-0.39, 0.29) is 37.3 Å². The van der Waals surface area contributed by atoms with Crippen LogP contribution in [0, 0.1) is 17.3 Å². The van der Waals surface area contributed by atoms with Gasteiger partial charge in [0.15, 0.2) is 44.0 Å². The maximum absolute atomic E-state index is 13.9. The molecule has 0 saturated carbocycles. The predicted octanol–water partition coefficient (Wildman–Crippen LogP) is -10.3. The van der Waals surface area contributed by atoms with E-state index in [9.17, 15) is 131 Å². The number of ketones is 1. The van der Waals surface area contributed by atoms with Gasteiger partial charge in [0, 0.05) is 35.8 Å². The molecule has 23 aliphatic rings. The summed E-state index contributed by atoms with van der Waals surface area (Å²) >= 11 is 2.06. The van der Waals surface area contributed by atoms with Crippen LogP contribution in [-0.4, -0.2) is 450 Å². The zero-order chi connectivity index (χ0) is 90.8. The van der Waals surface area contributed by atoms with Gasteiger partial charge in [-0.25, -0.2) is 10.1 Å². The average Bonchev–Trinajstić information content (AvgIpc) is 1.46. The number of epoxide rings is 1. The van der Waals surface area contributed by atoms with Gasteiger partial charge in [0.2, 0.25) is 5.91 Å². The Morgan fingerprint density at radius 3 is 1.36 bits per heavy atom. The molecule has 23 aliphatic heterocycles. The Morgan fingerprint density at radius 1 is 0.565 bits per heavy atom. The van der Waals surface area contributed by atoms with Crippen molar-refractivity contribution in [2.45, 2.75) is 338 Å². The fourth-order valence-corrected chi connectivity index (χ4v) is 19.7. The van der Waals surface area contributed by atoms with Gasteiger partial charge in [-0.3, -0.25) is 18.9 Å². The summed E-state index contributed by atoms with van der Waals surface area (Å²) < 4.78 is 108. The lowest BCUT2D eigenvalue weighted by atomic mass is 9.73. The molecule has 23 fully saturated rings. The monoisotopic (exact) mass is 1850 g/mol. The van der Waals surface area contributed by atoms with Crippen LogP contribution in [0.4, 0.5) is 0 Å². The number of amides is 1. The van der Waals surface area contributed by atoms with E-state index in [0.29, 0.717) is 35.5 Å². The molecule has 0 aliphatic carbocycles. The van der Waals surface area contributed by atoms with Crippen LogP contribution in [-0.2, 0) is 101 Å². The smallest absolute Gasteiger partial charge is 0.309 e. The molecule has 24 heterocycles. The second kappa shape index (κ2) is 43.3. The third-order valence-electron chi connectivity index (χ3n) is 24.8. The van der Waals surface area contributed by atoms with Crippen LogP contribution in [0.15, 0.2) is 11.0 Å². The zero-order valence-corrected chi connectivity index (χ0v) is 71.8. The molecule has 0 spiro atoms. The number of aromatic nitrogens is 1. The summed E-state index contributed by atoms with van der Waals surface area (Å²) in [6, 6.07) is -1.13. The number of carbonyl (C=O) groups excluding carboxylic acids is 3. The van der Waals surface area contributed by atoms with Crippen molar-refractivity contribution in [3.05, 3.63) is 21.7 Å². The molecule has 24 rings (SSSR count). The van der Waals surface area contributed by atoms with Crippen molar-refractivity contribution >= 4 is 54.4 Å². The lowest BCUT2D eigenvalue weighted by Gasteiger charge is -2.50. The molecule has 1 aromatic rings.